The lowest BCUT2D eigenvalue weighted by Crippen LogP contribution is -2.18. The summed E-state index contributed by atoms with van der Waals surface area (Å²) in [5.41, 5.74) is 1.67. The Morgan fingerprint density at radius 2 is 2.24 bits per heavy atom. The van der Waals surface area contributed by atoms with Gasteiger partial charge < -0.3 is 14.3 Å². The fourth-order valence-electron chi connectivity index (χ4n) is 3.48. The predicted octanol–water partition coefficient (Wildman–Crippen LogP) is 4.67. The Bertz CT molecular complexity index is 706. The molecule has 1 fully saturated rings. The monoisotopic (exact) mass is 308 g/mol. The first-order valence-electron chi connectivity index (χ1n) is 7.54. The third-order valence-electron chi connectivity index (χ3n) is 4.53. The van der Waals surface area contributed by atoms with Crippen LogP contribution in [0.5, 0.6) is 5.75 Å². The third-order valence-corrected chi connectivity index (χ3v) is 4.86. The smallest absolute Gasteiger partial charge is 0.178 e. The Morgan fingerprint density at radius 3 is 2.95 bits per heavy atom. The van der Waals surface area contributed by atoms with Crippen molar-refractivity contribution < 1.29 is 9.13 Å². The van der Waals surface area contributed by atoms with Crippen LogP contribution < -0.4 is 4.74 Å². The average Bonchev–Trinajstić information content (AvgIpc) is 2.73. The van der Waals surface area contributed by atoms with Gasteiger partial charge in [-0.05, 0) is 36.9 Å². The summed E-state index contributed by atoms with van der Waals surface area (Å²) >= 11 is 5.42. The lowest BCUT2D eigenvalue weighted by atomic mass is 9.82. The summed E-state index contributed by atoms with van der Waals surface area (Å²) in [6, 6.07) is 3.20. The van der Waals surface area contributed by atoms with Crippen molar-refractivity contribution in [3.05, 3.63) is 22.7 Å². The first-order chi connectivity index (χ1) is 10.1. The van der Waals surface area contributed by atoms with E-state index in [0.29, 0.717) is 10.7 Å². The summed E-state index contributed by atoms with van der Waals surface area (Å²) in [7, 11) is 1.48. The van der Waals surface area contributed by atoms with Gasteiger partial charge in [0, 0.05) is 18.7 Å². The molecule has 1 aliphatic rings. The van der Waals surface area contributed by atoms with Crippen LogP contribution in [0.2, 0.25) is 0 Å². The lowest BCUT2D eigenvalue weighted by molar-refractivity contribution is 0.258. The molecule has 1 heterocycles. The zero-order valence-electron chi connectivity index (χ0n) is 12.5. The first-order valence-corrected chi connectivity index (χ1v) is 7.95. The van der Waals surface area contributed by atoms with Crippen LogP contribution in [0.1, 0.15) is 32.6 Å². The van der Waals surface area contributed by atoms with E-state index >= 15 is 0 Å². The maximum Gasteiger partial charge on any atom is 0.178 e. The SMILES string of the molecule is COc1cc2c(cc1F)[nH]c(=S)n2CC1CCCC(C)C1. The second-order valence-electron chi connectivity index (χ2n) is 6.18. The van der Waals surface area contributed by atoms with Crippen LogP contribution in [0.25, 0.3) is 11.0 Å². The zero-order chi connectivity index (χ0) is 15.0. The van der Waals surface area contributed by atoms with Gasteiger partial charge in [0.2, 0.25) is 0 Å². The molecule has 3 nitrogen and oxygen atoms in total. The van der Waals surface area contributed by atoms with E-state index in [9.17, 15) is 4.39 Å². The van der Waals surface area contributed by atoms with Crippen molar-refractivity contribution in [3.63, 3.8) is 0 Å². The first kappa shape index (κ1) is 14.6. The third kappa shape index (κ3) is 2.84. The Hall–Kier alpha value is -1.36. The van der Waals surface area contributed by atoms with Crippen molar-refractivity contribution in [2.24, 2.45) is 11.8 Å². The minimum atomic E-state index is -0.361. The fourth-order valence-corrected chi connectivity index (χ4v) is 3.76. The van der Waals surface area contributed by atoms with E-state index in [1.165, 1.54) is 38.9 Å². The number of aromatic nitrogens is 2. The Morgan fingerprint density at radius 1 is 1.43 bits per heavy atom. The van der Waals surface area contributed by atoms with Crippen molar-refractivity contribution in [2.75, 3.05) is 7.11 Å². The average molecular weight is 308 g/mol. The summed E-state index contributed by atoms with van der Waals surface area (Å²) in [6.45, 7) is 3.22. The molecule has 0 spiro atoms. The molecule has 0 amide bonds. The molecular weight excluding hydrogens is 287 g/mol. The number of aromatic amines is 1. The Labute approximate surface area is 129 Å². The maximum atomic E-state index is 13.8. The van der Waals surface area contributed by atoms with Gasteiger partial charge in [0.15, 0.2) is 16.3 Å². The van der Waals surface area contributed by atoms with E-state index in [1.807, 2.05) is 0 Å². The summed E-state index contributed by atoms with van der Waals surface area (Å²) in [6.07, 6.45) is 5.11. The number of H-pyrrole nitrogens is 1. The van der Waals surface area contributed by atoms with Crippen LogP contribution in [-0.2, 0) is 6.54 Å². The fraction of sp³-hybridized carbons (Fsp3) is 0.562. The highest BCUT2D eigenvalue weighted by atomic mass is 32.1. The molecule has 0 radical (unpaired) electrons. The molecule has 2 aromatic rings. The second-order valence-corrected chi connectivity index (χ2v) is 6.57. The molecular formula is C16H21FN2OS. The van der Waals surface area contributed by atoms with Gasteiger partial charge in [0.1, 0.15) is 0 Å². The van der Waals surface area contributed by atoms with Gasteiger partial charge in [-0.1, -0.05) is 19.8 Å². The maximum absolute atomic E-state index is 13.8. The molecule has 5 heteroatoms. The van der Waals surface area contributed by atoms with Crippen LogP contribution in [0.15, 0.2) is 12.1 Å². The molecule has 1 aliphatic carbocycles. The normalized spacial score (nSPS) is 22.6. The number of rotatable bonds is 3. The van der Waals surface area contributed by atoms with Gasteiger partial charge in [0.05, 0.1) is 18.1 Å². The molecule has 1 N–H and O–H groups in total. The van der Waals surface area contributed by atoms with Crippen molar-refractivity contribution in [1.82, 2.24) is 9.55 Å². The Kier molecular flexibility index (Phi) is 4.02. The van der Waals surface area contributed by atoms with Crippen molar-refractivity contribution in [3.8, 4) is 5.75 Å². The van der Waals surface area contributed by atoms with Crippen molar-refractivity contribution >= 4 is 23.3 Å². The molecule has 3 rings (SSSR count). The second kappa shape index (κ2) is 5.79. The number of methoxy groups -OCH3 is 1. The number of halogens is 1. The number of imidazole rings is 1. The van der Waals surface area contributed by atoms with E-state index in [-0.39, 0.29) is 11.6 Å². The van der Waals surface area contributed by atoms with Gasteiger partial charge in [-0.3, -0.25) is 0 Å². The molecule has 1 aromatic carbocycles. The molecule has 2 unspecified atom stereocenters. The van der Waals surface area contributed by atoms with Crippen LogP contribution in [0.4, 0.5) is 4.39 Å². The molecule has 1 aromatic heterocycles. The highest BCUT2D eigenvalue weighted by Gasteiger charge is 2.20. The van der Waals surface area contributed by atoms with Gasteiger partial charge in [-0.2, -0.15) is 0 Å². The quantitative estimate of drug-likeness (QED) is 0.835. The molecule has 21 heavy (non-hydrogen) atoms. The summed E-state index contributed by atoms with van der Waals surface area (Å²) in [5, 5.41) is 0. The highest BCUT2D eigenvalue weighted by Crippen LogP contribution is 2.31. The topological polar surface area (TPSA) is 29.9 Å². The molecule has 0 saturated heterocycles. The van der Waals surface area contributed by atoms with Gasteiger partial charge in [0.25, 0.3) is 0 Å². The minimum absolute atomic E-state index is 0.266. The molecule has 2 atom stereocenters. The summed E-state index contributed by atoms with van der Waals surface area (Å²) in [5.74, 6) is 1.34. The van der Waals surface area contributed by atoms with Gasteiger partial charge >= 0.3 is 0 Å². The van der Waals surface area contributed by atoms with E-state index in [0.717, 1.165) is 23.5 Å². The summed E-state index contributed by atoms with van der Waals surface area (Å²) < 4.78 is 21.6. The van der Waals surface area contributed by atoms with E-state index < -0.39 is 0 Å². The van der Waals surface area contributed by atoms with Gasteiger partial charge in [-0.25, -0.2) is 4.39 Å². The van der Waals surface area contributed by atoms with Crippen molar-refractivity contribution in [1.29, 1.82) is 0 Å². The summed E-state index contributed by atoms with van der Waals surface area (Å²) in [4.78, 5) is 3.10. The van der Waals surface area contributed by atoms with Crippen LogP contribution >= 0.6 is 12.2 Å². The number of ether oxygens (including phenoxy) is 1. The number of fused-ring (bicyclic) bond motifs is 1. The molecule has 0 aliphatic heterocycles. The standard InChI is InChI=1S/C16H21FN2OS/c1-10-4-3-5-11(6-10)9-19-14-8-15(20-2)12(17)7-13(14)18-16(19)21/h7-8,10-11H,3-6,9H2,1-2H3,(H,18,21). The van der Waals surface area contributed by atoms with E-state index in [1.54, 1.807) is 6.07 Å². The molecule has 1 saturated carbocycles. The molecule has 114 valence electrons. The number of benzene rings is 1. The van der Waals surface area contributed by atoms with Gasteiger partial charge in [-0.15, -0.1) is 0 Å². The Balaban J connectivity index is 1.97. The number of hydrogen-bond acceptors (Lipinski definition) is 2. The number of hydrogen-bond donors (Lipinski definition) is 1. The van der Waals surface area contributed by atoms with E-state index in [4.69, 9.17) is 17.0 Å². The highest BCUT2D eigenvalue weighted by molar-refractivity contribution is 7.71. The molecule has 0 bridgehead atoms. The van der Waals surface area contributed by atoms with E-state index in [2.05, 4.69) is 16.5 Å². The van der Waals surface area contributed by atoms with Crippen molar-refractivity contribution in [2.45, 2.75) is 39.2 Å². The lowest BCUT2D eigenvalue weighted by Gasteiger charge is -2.27. The minimum Gasteiger partial charge on any atom is -0.494 e. The van der Waals surface area contributed by atoms with Crippen LogP contribution in [-0.4, -0.2) is 16.7 Å². The largest absolute Gasteiger partial charge is 0.494 e. The number of nitrogens with zero attached hydrogens (tertiary/aromatic N) is 1. The van der Waals surface area contributed by atoms with Crippen LogP contribution in [0, 0.1) is 22.4 Å². The van der Waals surface area contributed by atoms with Crippen LogP contribution in [0.3, 0.4) is 0 Å². The zero-order valence-corrected chi connectivity index (χ0v) is 13.3. The number of nitrogens with one attached hydrogen (secondary N) is 1. The predicted molar refractivity (Wildman–Crippen MR) is 84.8 cm³/mol.